The Morgan fingerprint density at radius 2 is 1.66 bits per heavy atom. The van der Waals surface area contributed by atoms with E-state index in [1.54, 1.807) is 17.1 Å². The molecule has 1 aliphatic carbocycles. The van der Waals surface area contributed by atoms with E-state index >= 15 is 0 Å². The molecule has 152 valence electrons. The molecular weight excluding hydrogens is 431 g/mol. The number of aliphatic imine (C=N–C) groups is 1. The topological polar surface area (TPSA) is 74.1 Å². The third-order valence-corrected chi connectivity index (χ3v) is 6.80. The van der Waals surface area contributed by atoms with Crippen molar-refractivity contribution in [2.24, 2.45) is 10.1 Å². The number of nitrogens with one attached hydrogen (secondary N) is 1. The van der Waals surface area contributed by atoms with Gasteiger partial charge in [-0.3, -0.25) is 0 Å². The molecule has 2 aliphatic rings. The van der Waals surface area contributed by atoms with Gasteiger partial charge in [0.2, 0.25) is 5.96 Å². The Labute approximate surface area is 180 Å². The molecule has 6 nitrogen and oxygen atoms in total. The van der Waals surface area contributed by atoms with Gasteiger partial charge in [0.1, 0.15) is 0 Å². The Hall–Kier alpha value is -2.09. The standard InChI is InChI=1S/C20H20Cl2N4O2S/c21-15-6-4-14(5-7-15)19-12-13-26(24-19)20(23-17-2-1-3-17)25-29(27,28)18-10-8-16(22)9-11-18/h4-11,17H,1-3,12-13H2,(H,23,25). The fraction of sp³-hybridized carbons (Fsp3) is 0.300. The molecule has 9 heteroatoms. The SMILES string of the molecule is O=S(=O)(NC(=NC1CCC1)N1CCC(c2ccc(Cl)cc2)=N1)c1ccc(Cl)cc1. The van der Waals surface area contributed by atoms with Crippen LogP contribution in [-0.2, 0) is 10.0 Å². The molecule has 0 atom stereocenters. The highest BCUT2D eigenvalue weighted by Gasteiger charge is 2.27. The highest BCUT2D eigenvalue weighted by Crippen LogP contribution is 2.24. The fourth-order valence-corrected chi connectivity index (χ4v) is 4.35. The second-order valence-electron chi connectivity index (χ2n) is 7.02. The predicted molar refractivity (Wildman–Crippen MR) is 116 cm³/mol. The molecular formula is C20H20Cl2N4O2S. The van der Waals surface area contributed by atoms with E-state index < -0.39 is 10.0 Å². The van der Waals surface area contributed by atoms with Gasteiger partial charge >= 0.3 is 0 Å². The van der Waals surface area contributed by atoms with E-state index in [-0.39, 0.29) is 16.9 Å². The Kier molecular flexibility index (Phi) is 5.81. The van der Waals surface area contributed by atoms with Gasteiger partial charge in [0.15, 0.2) is 0 Å². The minimum atomic E-state index is -3.80. The first-order valence-electron chi connectivity index (χ1n) is 9.38. The van der Waals surface area contributed by atoms with E-state index in [9.17, 15) is 8.42 Å². The van der Waals surface area contributed by atoms with Gasteiger partial charge in [-0.15, -0.1) is 0 Å². The number of halogens is 2. The van der Waals surface area contributed by atoms with Crippen LogP contribution < -0.4 is 4.72 Å². The number of hydrogen-bond acceptors (Lipinski definition) is 4. The van der Waals surface area contributed by atoms with Gasteiger partial charge in [0.25, 0.3) is 10.0 Å². The molecule has 1 fully saturated rings. The summed E-state index contributed by atoms with van der Waals surface area (Å²) in [6, 6.07) is 13.6. The van der Waals surface area contributed by atoms with Gasteiger partial charge in [0, 0.05) is 16.5 Å². The van der Waals surface area contributed by atoms with Crippen molar-refractivity contribution >= 4 is 44.9 Å². The highest BCUT2D eigenvalue weighted by atomic mass is 35.5. The van der Waals surface area contributed by atoms with Crippen LogP contribution in [0.1, 0.15) is 31.2 Å². The van der Waals surface area contributed by atoms with Crippen LogP contribution in [-0.4, -0.2) is 37.7 Å². The first-order valence-corrected chi connectivity index (χ1v) is 11.6. The molecule has 0 aromatic heterocycles. The fourth-order valence-electron chi connectivity index (χ4n) is 3.08. The van der Waals surface area contributed by atoms with Gasteiger partial charge in [-0.25, -0.2) is 23.1 Å². The molecule has 1 saturated carbocycles. The number of rotatable bonds is 4. The molecule has 0 saturated heterocycles. The average molecular weight is 451 g/mol. The number of benzene rings is 2. The van der Waals surface area contributed by atoms with Crippen LogP contribution in [0, 0.1) is 0 Å². The smallest absolute Gasteiger partial charge is 0.248 e. The number of hydrazone groups is 1. The molecule has 0 amide bonds. The lowest BCUT2D eigenvalue weighted by Gasteiger charge is -2.25. The lowest BCUT2D eigenvalue weighted by Crippen LogP contribution is -2.42. The maximum atomic E-state index is 12.9. The van der Waals surface area contributed by atoms with Crippen LogP contribution in [0.5, 0.6) is 0 Å². The van der Waals surface area contributed by atoms with Crippen molar-refractivity contribution in [3.05, 3.63) is 64.1 Å². The molecule has 29 heavy (non-hydrogen) atoms. The molecule has 4 rings (SSSR count). The van der Waals surface area contributed by atoms with E-state index in [2.05, 4.69) is 14.8 Å². The molecule has 1 aliphatic heterocycles. The number of sulfonamides is 1. The third-order valence-electron chi connectivity index (χ3n) is 4.95. The summed E-state index contributed by atoms with van der Waals surface area (Å²) in [5.41, 5.74) is 1.83. The van der Waals surface area contributed by atoms with Crippen LogP contribution in [0.4, 0.5) is 0 Å². The molecule has 2 aromatic carbocycles. The monoisotopic (exact) mass is 450 g/mol. The highest BCUT2D eigenvalue weighted by molar-refractivity contribution is 7.90. The predicted octanol–water partition coefficient (Wildman–Crippen LogP) is 4.29. The third kappa shape index (κ3) is 4.74. The summed E-state index contributed by atoms with van der Waals surface area (Å²) in [5, 5.41) is 7.39. The molecule has 2 aromatic rings. The summed E-state index contributed by atoms with van der Waals surface area (Å²) in [4.78, 5) is 4.76. The zero-order valence-electron chi connectivity index (χ0n) is 15.6. The normalized spacial score (nSPS) is 17.8. The molecule has 0 radical (unpaired) electrons. The minimum absolute atomic E-state index is 0.118. The van der Waals surface area contributed by atoms with Gasteiger partial charge in [-0.1, -0.05) is 35.3 Å². The van der Waals surface area contributed by atoms with Crippen LogP contribution in [0.15, 0.2) is 63.5 Å². The van der Waals surface area contributed by atoms with Crippen molar-refractivity contribution in [3.8, 4) is 0 Å². The van der Waals surface area contributed by atoms with Crippen molar-refractivity contribution in [1.82, 2.24) is 9.73 Å². The van der Waals surface area contributed by atoms with Crippen molar-refractivity contribution in [3.63, 3.8) is 0 Å². The van der Waals surface area contributed by atoms with Gasteiger partial charge < -0.3 is 0 Å². The van der Waals surface area contributed by atoms with Gasteiger partial charge in [0.05, 0.1) is 23.2 Å². The quantitative estimate of drug-likeness (QED) is 0.557. The zero-order chi connectivity index (χ0) is 20.4. The van der Waals surface area contributed by atoms with E-state index in [4.69, 9.17) is 23.2 Å². The largest absolute Gasteiger partial charge is 0.264 e. The molecule has 0 unspecified atom stereocenters. The maximum absolute atomic E-state index is 12.9. The summed E-state index contributed by atoms with van der Waals surface area (Å²) in [6.45, 7) is 0.548. The lowest BCUT2D eigenvalue weighted by molar-refractivity contribution is 0.402. The number of nitrogens with zero attached hydrogens (tertiary/aromatic N) is 3. The minimum Gasteiger partial charge on any atom is -0.248 e. The van der Waals surface area contributed by atoms with Crippen LogP contribution in [0.3, 0.4) is 0 Å². The Balaban J connectivity index is 1.60. The first kappa shape index (κ1) is 20.2. The first-order chi connectivity index (χ1) is 13.9. The number of guanidine groups is 1. The van der Waals surface area contributed by atoms with E-state index in [0.717, 1.165) is 30.5 Å². The Bertz CT molecular complexity index is 1050. The van der Waals surface area contributed by atoms with Crippen LogP contribution in [0.2, 0.25) is 10.0 Å². The second-order valence-corrected chi connectivity index (χ2v) is 9.58. The molecule has 0 spiro atoms. The average Bonchev–Trinajstić information content (AvgIpc) is 3.14. The second kappa shape index (κ2) is 8.34. The van der Waals surface area contributed by atoms with Crippen molar-refractivity contribution in [2.75, 3.05) is 6.54 Å². The van der Waals surface area contributed by atoms with E-state index in [0.29, 0.717) is 23.0 Å². The summed E-state index contributed by atoms with van der Waals surface area (Å²) in [5.74, 6) is 0.258. The summed E-state index contributed by atoms with van der Waals surface area (Å²) in [7, 11) is -3.80. The van der Waals surface area contributed by atoms with Crippen molar-refractivity contribution < 1.29 is 8.42 Å². The van der Waals surface area contributed by atoms with Crippen LogP contribution >= 0.6 is 23.2 Å². The molecule has 1 heterocycles. The van der Waals surface area contributed by atoms with E-state index in [1.807, 2.05) is 24.3 Å². The van der Waals surface area contributed by atoms with Gasteiger partial charge in [-0.2, -0.15) is 5.10 Å². The van der Waals surface area contributed by atoms with Gasteiger partial charge in [-0.05, 0) is 61.2 Å². The number of hydrogen-bond donors (Lipinski definition) is 1. The lowest BCUT2D eigenvalue weighted by atomic mass is 9.94. The van der Waals surface area contributed by atoms with Crippen molar-refractivity contribution in [2.45, 2.75) is 36.6 Å². The maximum Gasteiger partial charge on any atom is 0.264 e. The van der Waals surface area contributed by atoms with Crippen LogP contribution in [0.25, 0.3) is 0 Å². The molecule has 1 N–H and O–H groups in total. The van der Waals surface area contributed by atoms with Crippen molar-refractivity contribution in [1.29, 1.82) is 0 Å². The summed E-state index contributed by atoms with van der Waals surface area (Å²) >= 11 is 11.8. The van der Waals surface area contributed by atoms with E-state index in [1.165, 1.54) is 12.1 Å². The Morgan fingerprint density at radius 3 is 2.24 bits per heavy atom. The summed E-state index contributed by atoms with van der Waals surface area (Å²) in [6.07, 6.45) is 3.69. The zero-order valence-corrected chi connectivity index (χ0v) is 17.9. The summed E-state index contributed by atoms with van der Waals surface area (Å²) < 4.78 is 28.4. The molecule has 0 bridgehead atoms. The Morgan fingerprint density at radius 1 is 1.03 bits per heavy atom.